The van der Waals surface area contributed by atoms with Crippen molar-refractivity contribution in [2.45, 2.75) is 31.2 Å². The molecule has 1 aliphatic heterocycles. The van der Waals surface area contributed by atoms with Crippen LogP contribution in [0.4, 0.5) is 14.4 Å². The number of cyclic esters (lactones) is 2. The van der Waals surface area contributed by atoms with E-state index in [-0.39, 0.29) is 6.61 Å². The highest BCUT2D eigenvalue weighted by Crippen LogP contribution is 2.36. The monoisotopic (exact) mass is 276 g/mol. The summed E-state index contributed by atoms with van der Waals surface area (Å²) >= 11 is 0. The average molecular weight is 276 g/mol. The third-order valence-electron chi connectivity index (χ3n) is 3.15. The van der Waals surface area contributed by atoms with Gasteiger partial charge in [-0.3, -0.25) is 0 Å². The van der Waals surface area contributed by atoms with Crippen LogP contribution in [0.2, 0.25) is 0 Å². The summed E-state index contributed by atoms with van der Waals surface area (Å²) in [4.78, 5) is 32.0. The summed E-state index contributed by atoms with van der Waals surface area (Å²) in [7, 11) is 0. The highest BCUT2D eigenvalue weighted by Gasteiger charge is 2.48. The Morgan fingerprint density at radius 3 is 2.37 bits per heavy atom. The van der Waals surface area contributed by atoms with Gasteiger partial charge in [0.2, 0.25) is 0 Å². The van der Waals surface area contributed by atoms with Gasteiger partial charge in [0.25, 0.3) is 0 Å². The second-order valence-corrected chi connectivity index (χ2v) is 4.23. The van der Waals surface area contributed by atoms with Gasteiger partial charge in [0.15, 0.2) is 0 Å². The van der Waals surface area contributed by atoms with Gasteiger partial charge in [-0.15, -0.1) is 0 Å². The Morgan fingerprint density at radius 2 is 1.84 bits per heavy atom. The van der Waals surface area contributed by atoms with E-state index in [0.29, 0.717) is 12.8 Å². The van der Waals surface area contributed by atoms with Crippen molar-refractivity contribution in [1.82, 2.24) is 0 Å². The van der Waals surface area contributed by atoms with Crippen molar-refractivity contribution in [2.24, 2.45) is 5.92 Å². The van der Waals surface area contributed by atoms with E-state index in [1.165, 1.54) is 0 Å². The van der Waals surface area contributed by atoms with Crippen LogP contribution in [0.3, 0.4) is 0 Å². The molecule has 106 valence electrons. The van der Waals surface area contributed by atoms with E-state index >= 15 is 0 Å². The molecule has 1 saturated carbocycles. The van der Waals surface area contributed by atoms with E-state index < -0.39 is 42.7 Å². The van der Waals surface area contributed by atoms with Crippen molar-refractivity contribution in [3.8, 4) is 0 Å². The van der Waals surface area contributed by atoms with Crippen LogP contribution in [-0.4, -0.2) is 53.6 Å². The van der Waals surface area contributed by atoms with E-state index in [1.54, 1.807) is 0 Å². The van der Waals surface area contributed by atoms with Crippen LogP contribution in [0.15, 0.2) is 0 Å². The Bertz CT molecular complexity index is 392. The maximum Gasteiger partial charge on any atom is 0.508 e. The number of carbonyl (C=O) groups is 3. The van der Waals surface area contributed by atoms with Gasteiger partial charge >= 0.3 is 18.5 Å². The molecule has 0 aromatic rings. The number of rotatable bonds is 3. The molecule has 1 heterocycles. The summed E-state index contributed by atoms with van der Waals surface area (Å²) in [5.74, 6) is -0.480. The molecule has 0 amide bonds. The first-order valence-corrected chi connectivity index (χ1v) is 5.60. The molecule has 1 unspecified atom stereocenters. The highest BCUT2D eigenvalue weighted by molar-refractivity contribution is 5.62. The molecule has 0 aromatic carbocycles. The molecule has 4 atom stereocenters. The lowest BCUT2D eigenvalue weighted by Gasteiger charge is -2.24. The van der Waals surface area contributed by atoms with Gasteiger partial charge < -0.3 is 29.2 Å². The molecule has 0 radical (unpaired) electrons. The van der Waals surface area contributed by atoms with Crippen molar-refractivity contribution in [2.75, 3.05) is 6.61 Å². The van der Waals surface area contributed by atoms with Gasteiger partial charge in [-0.25, -0.2) is 14.4 Å². The predicted molar refractivity (Wildman–Crippen MR) is 54.7 cm³/mol. The fourth-order valence-electron chi connectivity index (χ4n) is 2.45. The lowest BCUT2D eigenvalue weighted by molar-refractivity contribution is -0.0552. The first-order valence-electron chi connectivity index (χ1n) is 5.60. The van der Waals surface area contributed by atoms with Crippen molar-refractivity contribution >= 4 is 18.5 Å². The number of carbonyl (C=O) groups excluding carboxylic acids is 1. The fourth-order valence-corrected chi connectivity index (χ4v) is 2.45. The van der Waals surface area contributed by atoms with Gasteiger partial charge in [0.1, 0.15) is 24.9 Å². The molecule has 9 heteroatoms. The van der Waals surface area contributed by atoms with E-state index in [2.05, 4.69) is 14.2 Å². The first-order chi connectivity index (χ1) is 8.97. The van der Waals surface area contributed by atoms with Crippen LogP contribution in [0.5, 0.6) is 0 Å². The van der Waals surface area contributed by atoms with Crippen LogP contribution >= 0.6 is 0 Å². The molecular formula is C10H12O9. The van der Waals surface area contributed by atoms with Gasteiger partial charge in [0, 0.05) is 5.92 Å². The van der Waals surface area contributed by atoms with Crippen LogP contribution in [0.1, 0.15) is 12.8 Å². The molecule has 2 fully saturated rings. The van der Waals surface area contributed by atoms with Crippen LogP contribution in [0.25, 0.3) is 0 Å². The summed E-state index contributed by atoms with van der Waals surface area (Å²) in [6.07, 6.45) is -5.74. The molecule has 2 N–H and O–H groups in total. The van der Waals surface area contributed by atoms with E-state index in [4.69, 9.17) is 14.9 Å². The van der Waals surface area contributed by atoms with E-state index in [1.807, 2.05) is 0 Å². The molecule has 1 saturated heterocycles. The van der Waals surface area contributed by atoms with Crippen LogP contribution in [-0.2, 0) is 18.9 Å². The number of hydrogen-bond acceptors (Lipinski definition) is 7. The summed E-state index contributed by atoms with van der Waals surface area (Å²) < 4.78 is 18.8. The lowest BCUT2D eigenvalue weighted by atomic mass is 9.98. The van der Waals surface area contributed by atoms with E-state index in [0.717, 1.165) is 0 Å². The molecule has 2 aliphatic rings. The van der Waals surface area contributed by atoms with Crippen molar-refractivity contribution in [1.29, 1.82) is 0 Å². The largest absolute Gasteiger partial charge is 0.508 e. The van der Waals surface area contributed by atoms with Gasteiger partial charge in [-0.05, 0) is 12.8 Å². The quantitative estimate of drug-likeness (QED) is 0.574. The third kappa shape index (κ3) is 2.98. The number of carboxylic acid groups (broad SMARTS) is 2. The second kappa shape index (κ2) is 5.21. The maximum atomic E-state index is 10.9. The smallest absolute Gasteiger partial charge is 0.450 e. The molecule has 0 spiro atoms. The molecule has 2 rings (SSSR count). The molecule has 0 bridgehead atoms. The molecule has 19 heavy (non-hydrogen) atoms. The SMILES string of the molecule is O=C(O)O[C@H]1CCC([C@H]2COC(=O)O2)[C@@H]1OC(=O)O. The highest BCUT2D eigenvalue weighted by atomic mass is 16.8. The van der Waals surface area contributed by atoms with E-state index in [9.17, 15) is 14.4 Å². The zero-order chi connectivity index (χ0) is 14.0. The van der Waals surface area contributed by atoms with Crippen molar-refractivity contribution in [3.05, 3.63) is 0 Å². The number of ether oxygens (including phenoxy) is 4. The minimum Gasteiger partial charge on any atom is -0.450 e. The summed E-state index contributed by atoms with van der Waals surface area (Å²) in [5, 5.41) is 17.3. The number of hydrogen-bond donors (Lipinski definition) is 2. The topological polar surface area (TPSA) is 129 Å². The van der Waals surface area contributed by atoms with Crippen molar-refractivity contribution in [3.63, 3.8) is 0 Å². The summed E-state index contributed by atoms with van der Waals surface area (Å²) in [6, 6.07) is 0. The minimum absolute atomic E-state index is 0.0111. The van der Waals surface area contributed by atoms with Gasteiger partial charge in [-0.1, -0.05) is 0 Å². The first kappa shape index (κ1) is 13.2. The Kier molecular flexibility index (Phi) is 3.63. The van der Waals surface area contributed by atoms with Crippen molar-refractivity contribution < 1.29 is 43.5 Å². The molecule has 0 aromatic heterocycles. The van der Waals surface area contributed by atoms with Gasteiger partial charge in [-0.2, -0.15) is 0 Å². The zero-order valence-electron chi connectivity index (χ0n) is 9.68. The maximum absolute atomic E-state index is 10.9. The fraction of sp³-hybridized carbons (Fsp3) is 0.700. The second-order valence-electron chi connectivity index (χ2n) is 4.23. The van der Waals surface area contributed by atoms with Crippen LogP contribution in [0, 0.1) is 5.92 Å². The Hall–Kier alpha value is -2.19. The molecule has 1 aliphatic carbocycles. The summed E-state index contributed by atoms with van der Waals surface area (Å²) in [6.45, 7) is -0.0111. The minimum atomic E-state index is -1.54. The molecular weight excluding hydrogens is 264 g/mol. The molecule has 9 nitrogen and oxygen atoms in total. The summed E-state index contributed by atoms with van der Waals surface area (Å²) in [5.41, 5.74) is 0. The zero-order valence-corrected chi connectivity index (χ0v) is 9.68. The Labute approximate surface area is 107 Å². The van der Waals surface area contributed by atoms with Gasteiger partial charge in [0.05, 0.1) is 0 Å². The normalized spacial score (nSPS) is 33.4. The Morgan fingerprint density at radius 1 is 1.16 bits per heavy atom. The Balaban J connectivity index is 2.07. The predicted octanol–water partition coefficient (Wildman–Crippen LogP) is 1.06. The average Bonchev–Trinajstić information content (AvgIpc) is 2.85. The van der Waals surface area contributed by atoms with Crippen LogP contribution < -0.4 is 0 Å². The third-order valence-corrected chi connectivity index (χ3v) is 3.15. The lowest BCUT2D eigenvalue weighted by Crippen LogP contribution is -2.39. The standard InChI is InChI=1S/C10H12O9/c11-8(12)17-5-2-1-4(7(5)19-9(13)14)6-3-16-10(15)18-6/h4-7H,1-3H2,(H,11,12)(H,13,14)/t4?,5-,6+,7-/m0/s1.